The Balaban J connectivity index is 1.55. The number of nitrogens with zero attached hydrogens (tertiary/aromatic N) is 1. The van der Waals surface area contributed by atoms with E-state index in [9.17, 15) is 4.79 Å². The predicted octanol–water partition coefficient (Wildman–Crippen LogP) is 3.74. The van der Waals surface area contributed by atoms with Crippen LogP contribution in [0, 0.1) is 0 Å². The van der Waals surface area contributed by atoms with E-state index < -0.39 is 0 Å². The SMILES string of the molecule is C[C@H](NC(=O)N[C@@H](C)[C@H]1CCCO1)c1nc(-c2ccccc2)cs1. The molecular formula is C18H23N3O2S. The number of urea groups is 1. The molecule has 0 aliphatic carbocycles. The van der Waals surface area contributed by atoms with Crippen molar-refractivity contribution in [2.45, 2.75) is 44.9 Å². The average molecular weight is 345 g/mol. The van der Waals surface area contributed by atoms with Gasteiger partial charge in [-0.15, -0.1) is 11.3 Å². The summed E-state index contributed by atoms with van der Waals surface area (Å²) in [7, 11) is 0. The summed E-state index contributed by atoms with van der Waals surface area (Å²) in [5.41, 5.74) is 2.03. The van der Waals surface area contributed by atoms with Gasteiger partial charge in [-0.3, -0.25) is 0 Å². The Morgan fingerprint density at radius 1 is 1.29 bits per heavy atom. The van der Waals surface area contributed by atoms with Crippen LogP contribution in [0.25, 0.3) is 11.3 Å². The van der Waals surface area contributed by atoms with E-state index in [1.807, 2.05) is 49.6 Å². The van der Waals surface area contributed by atoms with Crippen molar-refractivity contribution in [2.75, 3.05) is 6.61 Å². The van der Waals surface area contributed by atoms with E-state index in [1.54, 1.807) is 11.3 Å². The van der Waals surface area contributed by atoms with Crippen LogP contribution in [0.1, 0.15) is 37.7 Å². The first kappa shape index (κ1) is 16.9. The normalized spacial score (nSPS) is 19.7. The van der Waals surface area contributed by atoms with Gasteiger partial charge in [0.05, 0.1) is 23.9 Å². The van der Waals surface area contributed by atoms with Gasteiger partial charge in [0.1, 0.15) is 5.01 Å². The molecule has 2 aromatic rings. The molecule has 3 atom stereocenters. The molecule has 0 bridgehead atoms. The largest absolute Gasteiger partial charge is 0.376 e. The van der Waals surface area contributed by atoms with Crippen LogP contribution >= 0.6 is 11.3 Å². The minimum Gasteiger partial charge on any atom is -0.376 e. The first-order valence-electron chi connectivity index (χ1n) is 8.33. The highest BCUT2D eigenvalue weighted by Crippen LogP contribution is 2.25. The molecule has 2 N–H and O–H groups in total. The molecule has 24 heavy (non-hydrogen) atoms. The Kier molecular flexibility index (Phi) is 5.48. The number of ether oxygens (including phenoxy) is 1. The van der Waals surface area contributed by atoms with Crippen LogP contribution in [0.15, 0.2) is 35.7 Å². The minimum atomic E-state index is -0.179. The zero-order valence-corrected chi connectivity index (χ0v) is 14.8. The highest BCUT2D eigenvalue weighted by atomic mass is 32.1. The van der Waals surface area contributed by atoms with Gasteiger partial charge < -0.3 is 15.4 Å². The maximum Gasteiger partial charge on any atom is 0.315 e. The van der Waals surface area contributed by atoms with Gasteiger partial charge in [-0.05, 0) is 26.7 Å². The van der Waals surface area contributed by atoms with Crippen molar-refractivity contribution in [2.24, 2.45) is 0 Å². The third-order valence-corrected chi connectivity index (χ3v) is 5.22. The molecule has 6 heteroatoms. The van der Waals surface area contributed by atoms with E-state index in [1.165, 1.54) is 0 Å². The van der Waals surface area contributed by atoms with Crippen LogP contribution in [-0.2, 0) is 4.74 Å². The molecule has 2 heterocycles. The van der Waals surface area contributed by atoms with Gasteiger partial charge in [-0.2, -0.15) is 0 Å². The second kappa shape index (κ2) is 7.77. The Morgan fingerprint density at radius 3 is 2.79 bits per heavy atom. The molecule has 2 amide bonds. The summed E-state index contributed by atoms with van der Waals surface area (Å²) in [5, 5.41) is 8.84. The Labute approximate surface area is 146 Å². The molecule has 0 spiro atoms. The number of hydrogen-bond acceptors (Lipinski definition) is 4. The average Bonchev–Trinajstić information content (AvgIpc) is 3.27. The van der Waals surface area contributed by atoms with Crippen molar-refractivity contribution in [3.8, 4) is 11.3 Å². The van der Waals surface area contributed by atoms with Crippen molar-refractivity contribution >= 4 is 17.4 Å². The van der Waals surface area contributed by atoms with Gasteiger partial charge in [-0.25, -0.2) is 9.78 Å². The van der Waals surface area contributed by atoms with Gasteiger partial charge in [0.25, 0.3) is 0 Å². The van der Waals surface area contributed by atoms with E-state index in [2.05, 4.69) is 15.6 Å². The summed E-state index contributed by atoms with van der Waals surface area (Å²) < 4.78 is 5.60. The summed E-state index contributed by atoms with van der Waals surface area (Å²) in [6.07, 6.45) is 2.19. The fraction of sp³-hybridized carbons (Fsp3) is 0.444. The fourth-order valence-electron chi connectivity index (χ4n) is 2.82. The third-order valence-electron chi connectivity index (χ3n) is 4.19. The molecule has 1 aromatic carbocycles. The number of benzene rings is 1. The summed E-state index contributed by atoms with van der Waals surface area (Å²) in [4.78, 5) is 16.8. The van der Waals surface area contributed by atoms with E-state index in [0.29, 0.717) is 0 Å². The molecule has 1 aromatic heterocycles. The second-order valence-corrected chi connectivity index (χ2v) is 7.01. The maximum atomic E-state index is 12.2. The lowest BCUT2D eigenvalue weighted by molar-refractivity contribution is 0.0859. The van der Waals surface area contributed by atoms with Gasteiger partial charge in [0.15, 0.2) is 0 Å². The van der Waals surface area contributed by atoms with Crippen LogP contribution in [0.2, 0.25) is 0 Å². The van der Waals surface area contributed by atoms with Crippen molar-refractivity contribution < 1.29 is 9.53 Å². The zero-order valence-electron chi connectivity index (χ0n) is 14.0. The van der Waals surface area contributed by atoms with Crippen LogP contribution in [0.3, 0.4) is 0 Å². The highest BCUT2D eigenvalue weighted by molar-refractivity contribution is 7.10. The number of hydrogen-bond donors (Lipinski definition) is 2. The predicted molar refractivity (Wildman–Crippen MR) is 96.1 cm³/mol. The standard InChI is InChI=1S/C18H23N3O2S/c1-12(16-9-6-10-23-16)19-18(22)20-13(2)17-21-15(11-24-17)14-7-4-3-5-8-14/h3-5,7-8,11-13,16H,6,9-10H2,1-2H3,(H2,19,20,22)/t12-,13-,16+/m0/s1. The van der Waals surface area contributed by atoms with Crippen LogP contribution < -0.4 is 10.6 Å². The van der Waals surface area contributed by atoms with Gasteiger partial charge >= 0.3 is 6.03 Å². The number of aromatic nitrogens is 1. The topological polar surface area (TPSA) is 63.2 Å². The lowest BCUT2D eigenvalue weighted by atomic mass is 10.1. The molecule has 1 aliphatic heterocycles. The van der Waals surface area contributed by atoms with Gasteiger partial charge in [0, 0.05) is 17.6 Å². The number of rotatable bonds is 5. The van der Waals surface area contributed by atoms with Crippen LogP contribution in [-0.4, -0.2) is 29.8 Å². The highest BCUT2D eigenvalue weighted by Gasteiger charge is 2.24. The quantitative estimate of drug-likeness (QED) is 0.868. The summed E-state index contributed by atoms with van der Waals surface area (Å²) in [6, 6.07) is 9.74. The molecule has 0 saturated carbocycles. The molecule has 1 aliphatic rings. The summed E-state index contributed by atoms with van der Waals surface area (Å²) in [5.74, 6) is 0. The summed E-state index contributed by atoms with van der Waals surface area (Å²) in [6.45, 7) is 4.72. The van der Waals surface area contributed by atoms with Crippen molar-refractivity contribution in [3.05, 3.63) is 40.7 Å². The number of amides is 2. The summed E-state index contributed by atoms with van der Waals surface area (Å²) >= 11 is 1.56. The van der Waals surface area contributed by atoms with E-state index in [0.717, 1.165) is 35.7 Å². The van der Waals surface area contributed by atoms with Crippen molar-refractivity contribution in [3.63, 3.8) is 0 Å². The van der Waals surface area contributed by atoms with E-state index in [-0.39, 0.29) is 24.2 Å². The van der Waals surface area contributed by atoms with E-state index in [4.69, 9.17) is 4.74 Å². The van der Waals surface area contributed by atoms with Gasteiger partial charge in [0.2, 0.25) is 0 Å². The van der Waals surface area contributed by atoms with Gasteiger partial charge in [-0.1, -0.05) is 30.3 Å². The van der Waals surface area contributed by atoms with E-state index >= 15 is 0 Å². The maximum absolute atomic E-state index is 12.2. The lowest BCUT2D eigenvalue weighted by Crippen LogP contribution is -2.46. The Morgan fingerprint density at radius 2 is 2.08 bits per heavy atom. The number of carbonyl (C=O) groups is 1. The zero-order chi connectivity index (χ0) is 16.9. The second-order valence-electron chi connectivity index (χ2n) is 6.12. The fourth-order valence-corrected chi connectivity index (χ4v) is 3.66. The monoisotopic (exact) mass is 345 g/mol. The molecular weight excluding hydrogens is 322 g/mol. The van der Waals surface area contributed by atoms with Crippen molar-refractivity contribution in [1.82, 2.24) is 15.6 Å². The molecule has 0 unspecified atom stereocenters. The van der Waals surface area contributed by atoms with Crippen molar-refractivity contribution in [1.29, 1.82) is 0 Å². The number of nitrogens with one attached hydrogen (secondary N) is 2. The molecule has 1 fully saturated rings. The lowest BCUT2D eigenvalue weighted by Gasteiger charge is -2.21. The smallest absolute Gasteiger partial charge is 0.315 e. The van der Waals surface area contributed by atoms with Crippen LogP contribution in [0.5, 0.6) is 0 Å². The molecule has 128 valence electrons. The third kappa shape index (κ3) is 4.13. The number of thiazole rings is 1. The van der Waals surface area contributed by atoms with Crippen LogP contribution in [0.4, 0.5) is 4.79 Å². The first-order valence-corrected chi connectivity index (χ1v) is 9.21. The molecule has 1 saturated heterocycles. The molecule has 0 radical (unpaired) electrons. The molecule has 3 rings (SSSR count). The number of carbonyl (C=O) groups excluding carboxylic acids is 1. The Bertz CT molecular complexity index is 668. The molecule has 5 nitrogen and oxygen atoms in total. The minimum absolute atomic E-state index is 0.0101. The first-order chi connectivity index (χ1) is 11.6. The Hall–Kier alpha value is -1.92.